The smallest absolute Gasteiger partial charge is 0.274 e. The Kier molecular flexibility index (Phi) is 5.62. The van der Waals surface area contributed by atoms with Crippen molar-refractivity contribution in [1.29, 1.82) is 0 Å². The van der Waals surface area contributed by atoms with Crippen LogP contribution in [0.3, 0.4) is 0 Å². The summed E-state index contributed by atoms with van der Waals surface area (Å²) in [6.45, 7) is 3.20. The number of aryl methyl sites for hydroxylation is 2. The van der Waals surface area contributed by atoms with E-state index in [1.807, 2.05) is 0 Å². The summed E-state index contributed by atoms with van der Waals surface area (Å²) in [5.74, 6) is -1.10. The Morgan fingerprint density at radius 3 is 2.64 bits per heavy atom. The summed E-state index contributed by atoms with van der Waals surface area (Å²) in [5, 5.41) is 0.613. The number of fused-ring (bicyclic) bond motifs is 2. The predicted molar refractivity (Wildman–Crippen MR) is 133 cm³/mol. The lowest BCUT2D eigenvalue weighted by molar-refractivity contribution is 0.566. The zero-order valence-corrected chi connectivity index (χ0v) is 20.4. The molecule has 1 aromatic carbocycles. The molecule has 0 aliphatic heterocycles. The number of aromatic amines is 1. The molecule has 9 nitrogen and oxygen atoms in total. The fourth-order valence-corrected chi connectivity index (χ4v) is 4.77. The number of imidazole rings is 1. The van der Waals surface area contributed by atoms with E-state index in [1.165, 1.54) is 23.6 Å². The van der Waals surface area contributed by atoms with Gasteiger partial charge in [-0.1, -0.05) is 6.07 Å². The molecule has 0 atom stereocenters. The van der Waals surface area contributed by atoms with E-state index in [1.54, 1.807) is 43.1 Å². The molecule has 186 valence electrons. The second-order valence-corrected chi connectivity index (χ2v) is 10.4. The maximum atomic E-state index is 14.5. The van der Waals surface area contributed by atoms with Crippen molar-refractivity contribution in [2.45, 2.75) is 20.4 Å². The molecule has 0 bridgehead atoms. The summed E-state index contributed by atoms with van der Waals surface area (Å²) < 4.78 is 58.5. The van der Waals surface area contributed by atoms with E-state index >= 15 is 0 Å². The molecule has 0 radical (unpaired) electrons. The van der Waals surface area contributed by atoms with Crippen LogP contribution in [0.4, 0.5) is 14.5 Å². The van der Waals surface area contributed by atoms with Crippen molar-refractivity contribution in [3.8, 4) is 11.3 Å². The van der Waals surface area contributed by atoms with E-state index in [-0.39, 0.29) is 34.6 Å². The molecule has 4 aromatic heterocycles. The van der Waals surface area contributed by atoms with Crippen LogP contribution in [0.5, 0.6) is 0 Å². The highest BCUT2D eigenvalue weighted by atomic mass is 32.2. The number of sulfonamides is 1. The SMILES string of the molecule is CCS(=O)(=O)Nc1cc(-c2cn(C)c(=O)c3[nH]ccc23)nc2c1nc(C)n2Cc1ccc(F)cc1F. The highest BCUT2D eigenvalue weighted by Gasteiger charge is 2.21. The van der Waals surface area contributed by atoms with Gasteiger partial charge in [-0.05, 0) is 32.0 Å². The minimum Gasteiger partial charge on any atom is -0.357 e. The van der Waals surface area contributed by atoms with Crippen LogP contribution < -0.4 is 10.3 Å². The summed E-state index contributed by atoms with van der Waals surface area (Å²) >= 11 is 0. The van der Waals surface area contributed by atoms with Crippen molar-refractivity contribution in [3.05, 3.63) is 76.1 Å². The van der Waals surface area contributed by atoms with Crippen LogP contribution in [0, 0.1) is 18.6 Å². The van der Waals surface area contributed by atoms with Crippen LogP contribution >= 0.6 is 0 Å². The van der Waals surface area contributed by atoms with Gasteiger partial charge in [0.2, 0.25) is 10.0 Å². The van der Waals surface area contributed by atoms with Gasteiger partial charge in [-0.2, -0.15) is 0 Å². The lowest BCUT2D eigenvalue weighted by atomic mass is 10.1. The van der Waals surface area contributed by atoms with Gasteiger partial charge >= 0.3 is 0 Å². The first-order chi connectivity index (χ1) is 17.1. The lowest BCUT2D eigenvalue weighted by Crippen LogP contribution is -2.17. The molecule has 0 saturated heterocycles. The quantitative estimate of drug-likeness (QED) is 0.360. The minimum absolute atomic E-state index is 0.00227. The van der Waals surface area contributed by atoms with Gasteiger partial charge in [0, 0.05) is 42.0 Å². The molecule has 36 heavy (non-hydrogen) atoms. The minimum atomic E-state index is -3.67. The van der Waals surface area contributed by atoms with Gasteiger partial charge in [0.25, 0.3) is 5.56 Å². The maximum Gasteiger partial charge on any atom is 0.274 e. The first-order valence-corrected chi connectivity index (χ1v) is 12.7. The van der Waals surface area contributed by atoms with Crippen LogP contribution in [0.1, 0.15) is 18.3 Å². The number of halogens is 2. The normalized spacial score (nSPS) is 12.0. The number of pyridine rings is 2. The van der Waals surface area contributed by atoms with Crippen LogP contribution in [0.2, 0.25) is 0 Å². The van der Waals surface area contributed by atoms with Crippen LogP contribution in [-0.4, -0.2) is 38.3 Å². The molecule has 4 heterocycles. The Morgan fingerprint density at radius 1 is 1.14 bits per heavy atom. The molecule has 12 heteroatoms. The summed E-state index contributed by atoms with van der Waals surface area (Å²) in [6.07, 6.45) is 3.26. The van der Waals surface area contributed by atoms with Crippen LogP contribution in [0.25, 0.3) is 33.3 Å². The highest BCUT2D eigenvalue weighted by molar-refractivity contribution is 7.92. The van der Waals surface area contributed by atoms with Gasteiger partial charge in [0.05, 0.1) is 23.7 Å². The third-order valence-corrected chi connectivity index (χ3v) is 7.34. The zero-order valence-electron chi connectivity index (χ0n) is 19.6. The van der Waals surface area contributed by atoms with Gasteiger partial charge in [0.15, 0.2) is 5.65 Å². The average Bonchev–Trinajstić information content (AvgIpc) is 3.43. The van der Waals surface area contributed by atoms with E-state index in [4.69, 9.17) is 4.98 Å². The third kappa shape index (κ3) is 4.02. The Labute approximate surface area is 204 Å². The second kappa shape index (κ2) is 8.55. The monoisotopic (exact) mass is 512 g/mol. The van der Waals surface area contributed by atoms with Gasteiger partial charge in [-0.15, -0.1) is 0 Å². The number of benzene rings is 1. The van der Waals surface area contributed by atoms with E-state index in [0.29, 0.717) is 33.6 Å². The van der Waals surface area contributed by atoms with Gasteiger partial charge in [-0.25, -0.2) is 27.2 Å². The van der Waals surface area contributed by atoms with Crippen molar-refractivity contribution >= 4 is 37.8 Å². The number of nitrogens with one attached hydrogen (secondary N) is 2. The number of anilines is 1. The summed E-state index contributed by atoms with van der Waals surface area (Å²) in [5.41, 5.74) is 2.14. The van der Waals surface area contributed by atoms with Gasteiger partial charge < -0.3 is 14.1 Å². The molecule has 2 N–H and O–H groups in total. The molecule has 0 spiro atoms. The Balaban J connectivity index is 1.79. The Bertz CT molecular complexity index is 1820. The number of rotatable bonds is 6. The van der Waals surface area contributed by atoms with Gasteiger partial charge in [0.1, 0.15) is 28.5 Å². The van der Waals surface area contributed by atoms with E-state index < -0.39 is 21.7 Å². The number of hydrogen-bond donors (Lipinski definition) is 2. The second-order valence-electron chi connectivity index (χ2n) is 8.44. The van der Waals surface area contributed by atoms with Crippen molar-refractivity contribution in [3.63, 3.8) is 0 Å². The largest absolute Gasteiger partial charge is 0.357 e. The van der Waals surface area contributed by atoms with Gasteiger partial charge in [-0.3, -0.25) is 9.52 Å². The number of hydrogen-bond acceptors (Lipinski definition) is 5. The molecule has 0 unspecified atom stereocenters. The maximum absolute atomic E-state index is 14.5. The molecule has 5 aromatic rings. The highest BCUT2D eigenvalue weighted by Crippen LogP contribution is 2.32. The standard InChI is InChI=1S/C24H22F2N6O3S/c1-4-36(34,35)30-20-10-19(17-12-31(3)24(33)21-16(17)7-8-27-21)29-23-22(20)28-13(2)32(23)11-14-5-6-15(25)9-18(14)26/h5-10,12,27H,4,11H2,1-3H3,(H,29,30). The fourth-order valence-electron chi connectivity index (χ4n) is 4.14. The zero-order chi connectivity index (χ0) is 25.8. The Morgan fingerprint density at radius 2 is 1.92 bits per heavy atom. The van der Waals surface area contributed by atoms with Crippen LogP contribution in [0.15, 0.2) is 47.5 Å². The number of H-pyrrole nitrogens is 1. The van der Waals surface area contributed by atoms with Crippen molar-refractivity contribution in [2.75, 3.05) is 10.5 Å². The Hall–Kier alpha value is -4.06. The molecule has 0 aliphatic carbocycles. The van der Waals surface area contributed by atoms with Crippen molar-refractivity contribution < 1.29 is 17.2 Å². The van der Waals surface area contributed by atoms with E-state index in [2.05, 4.69) is 14.7 Å². The van der Waals surface area contributed by atoms with E-state index in [9.17, 15) is 22.0 Å². The molecular weight excluding hydrogens is 490 g/mol. The molecule has 0 aliphatic rings. The van der Waals surface area contributed by atoms with Crippen molar-refractivity contribution in [1.82, 2.24) is 24.1 Å². The topological polar surface area (TPSA) is 115 Å². The first-order valence-electron chi connectivity index (χ1n) is 11.1. The van der Waals surface area contributed by atoms with Crippen LogP contribution in [-0.2, 0) is 23.6 Å². The lowest BCUT2D eigenvalue weighted by Gasteiger charge is -2.12. The molecule has 0 saturated carbocycles. The molecule has 0 fully saturated rings. The summed E-state index contributed by atoms with van der Waals surface area (Å²) in [7, 11) is -2.07. The first kappa shape index (κ1) is 23.7. The molecule has 5 rings (SSSR count). The predicted octanol–water partition coefficient (Wildman–Crippen LogP) is 3.67. The van der Waals surface area contributed by atoms with Crippen molar-refractivity contribution in [2.24, 2.45) is 7.05 Å². The van der Waals surface area contributed by atoms with E-state index in [0.717, 1.165) is 6.07 Å². The third-order valence-electron chi connectivity index (χ3n) is 6.05. The average molecular weight is 513 g/mol. The number of aromatic nitrogens is 5. The number of nitrogens with zero attached hydrogens (tertiary/aromatic N) is 4. The molecular formula is C24H22F2N6O3S. The summed E-state index contributed by atoms with van der Waals surface area (Å²) in [6, 6.07) is 6.62. The molecule has 0 amide bonds. The summed E-state index contributed by atoms with van der Waals surface area (Å²) in [4.78, 5) is 24.7. The fraction of sp³-hybridized carbons (Fsp3) is 0.208.